The molecule has 0 saturated carbocycles. The third-order valence-corrected chi connectivity index (χ3v) is 2.73. The Labute approximate surface area is 95.6 Å². The molecule has 0 atom stereocenters. The van der Waals surface area contributed by atoms with Crippen molar-refractivity contribution < 1.29 is 9.59 Å². The molecule has 1 heterocycles. The van der Waals surface area contributed by atoms with E-state index < -0.39 is 5.91 Å². The highest BCUT2D eigenvalue weighted by Gasteiger charge is 2.14. The minimum atomic E-state index is -0.462. The van der Waals surface area contributed by atoms with Crippen LogP contribution in [0.3, 0.4) is 0 Å². The Morgan fingerprint density at radius 3 is 2.73 bits per heavy atom. The second-order valence-electron chi connectivity index (χ2n) is 2.83. The lowest BCUT2D eigenvalue weighted by molar-refractivity contribution is -0.117. The van der Waals surface area contributed by atoms with E-state index in [1.165, 1.54) is 11.3 Å². The number of thiazole rings is 1. The van der Waals surface area contributed by atoms with Crippen LogP contribution in [0.15, 0.2) is 0 Å². The highest BCUT2D eigenvalue weighted by atomic mass is 35.5. The zero-order chi connectivity index (χ0) is 11.4. The van der Waals surface area contributed by atoms with Crippen molar-refractivity contribution in [2.75, 3.05) is 6.54 Å². The van der Waals surface area contributed by atoms with E-state index in [2.05, 4.69) is 10.3 Å². The third kappa shape index (κ3) is 3.49. The smallest absolute Gasteiger partial charge is 0.272 e. The van der Waals surface area contributed by atoms with Gasteiger partial charge in [0.25, 0.3) is 5.91 Å². The molecule has 0 spiro atoms. The number of halogens is 1. The molecule has 0 fully saturated rings. The minimum Gasteiger partial charge on any atom is -0.370 e. The molecule has 1 aromatic heterocycles. The van der Waals surface area contributed by atoms with Gasteiger partial charge in [0.2, 0.25) is 5.91 Å². The van der Waals surface area contributed by atoms with Gasteiger partial charge in [-0.3, -0.25) is 9.59 Å². The highest BCUT2D eigenvalue weighted by Crippen LogP contribution is 2.23. The van der Waals surface area contributed by atoms with E-state index in [0.717, 1.165) is 5.01 Å². The largest absolute Gasteiger partial charge is 0.370 e. The van der Waals surface area contributed by atoms with Gasteiger partial charge < -0.3 is 11.1 Å². The summed E-state index contributed by atoms with van der Waals surface area (Å²) in [4.78, 5) is 25.8. The van der Waals surface area contributed by atoms with Gasteiger partial charge >= 0.3 is 0 Å². The molecule has 0 aliphatic carbocycles. The van der Waals surface area contributed by atoms with E-state index in [1.807, 2.05) is 0 Å². The Morgan fingerprint density at radius 2 is 2.27 bits per heavy atom. The van der Waals surface area contributed by atoms with Crippen LogP contribution >= 0.6 is 22.9 Å². The summed E-state index contributed by atoms with van der Waals surface area (Å²) in [6.45, 7) is 1.96. The summed E-state index contributed by atoms with van der Waals surface area (Å²) in [5.41, 5.74) is 5.12. The van der Waals surface area contributed by atoms with Gasteiger partial charge in [0.15, 0.2) is 5.69 Å². The number of aryl methyl sites for hydroxylation is 1. The molecule has 0 aliphatic rings. The van der Waals surface area contributed by atoms with Crippen molar-refractivity contribution in [3.63, 3.8) is 0 Å². The topological polar surface area (TPSA) is 85.1 Å². The van der Waals surface area contributed by atoms with Crippen LogP contribution in [-0.2, 0) is 4.79 Å². The van der Waals surface area contributed by atoms with Gasteiger partial charge in [0.05, 0.1) is 5.01 Å². The van der Waals surface area contributed by atoms with Crippen molar-refractivity contribution in [3.8, 4) is 0 Å². The molecule has 0 unspecified atom stereocenters. The van der Waals surface area contributed by atoms with Crippen molar-refractivity contribution in [2.45, 2.75) is 13.3 Å². The van der Waals surface area contributed by atoms with Crippen LogP contribution in [0.1, 0.15) is 21.9 Å². The predicted molar refractivity (Wildman–Crippen MR) is 58.0 cm³/mol. The molecule has 0 radical (unpaired) electrons. The van der Waals surface area contributed by atoms with Crippen LogP contribution in [0, 0.1) is 6.92 Å². The van der Waals surface area contributed by atoms with Crippen LogP contribution in [0.5, 0.6) is 0 Å². The van der Waals surface area contributed by atoms with E-state index in [4.69, 9.17) is 17.3 Å². The number of aromatic nitrogens is 1. The zero-order valence-electron chi connectivity index (χ0n) is 8.04. The number of carbonyl (C=O) groups is 2. The van der Waals surface area contributed by atoms with Crippen molar-refractivity contribution in [1.29, 1.82) is 0 Å². The lowest BCUT2D eigenvalue weighted by Gasteiger charge is -2.00. The molecule has 2 amide bonds. The second-order valence-corrected chi connectivity index (χ2v) is 4.63. The average Bonchev–Trinajstić information content (AvgIpc) is 2.44. The normalized spacial score (nSPS) is 10.0. The van der Waals surface area contributed by atoms with Crippen molar-refractivity contribution in [2.24, 2.45) is 5.73 Å². The zero-order valence-corrected chi connectivity index (χ0v) is 9.61. The van der Waals surface area contributed by atoms with Gasteiger partial charge in [-0.1, -0.05) is 11.6 Å². The molecule has 1 rings (SSSR count). The average molecular weight is 248 g/mol. The molecule has 0 aliphatic heterocycles. The Bertz CT molecular complexity index is 391. The first-order chi connectivity index (χ1) is 7.00. The molecule has 7 heteroatoms. The number of rotatable bonds is 4. The van der Waals surface area contributed by atoms with Gasteiger partial charge in [-0.15, -0.1) is 11.3 Å². The number of primary amides is 1. The molecule has 1 aromatic rings. The quantitative estimate of drug-likeness (QED) is 0.822. The number of hydrogen-bond donors (Lipinski definition) is 2. The first-order valence-corrected chi connectivity index (χ1v) is 5.39. The summed E-state index contributed by atoms with van der Waals surface area (Å²) in [6.07, 6.45) is 0.104. The summed E-state index contributed by atoms with van der Waals surface area (Å²) in [5, 5.41) is 3.23. The van der Waals surface area contributed by atoms with E-state index in [1.54, 1.807) is 6.92 Å². The summed E-state index contributed by atoms with van der Waals surface area (Å²) in [5.74, 6) is -0.846. The number of nitrogens with zero attached hydrogens (tertiary/aromatic N) is 1. The fraction of sp³-hybridized carbons (Fsp3) is 0.375. The minimum absolute atomic E-state index is 0.104. The Hall–Kier alpha value is -1.14. The number of nitrogens with two attached hydrogens (primary N) is 1. The van der Waals surface area contributed by atoms with Crippen molar-refractivity contribution >= 4 is 34.8 Å². The first kappa shape index (κ1) is 11.9. The van der Waals surface area contributed by atoms with Gasteiger partial charge in [-0.05, 0) is 6.92 Å². The van der Waals surface area contributed by atoms with E-state index in [0.29, 0.717) is 4.34 Å². The number of nitrogens with one attached hydrogen (secondary N) is 1. The van der Waals surface area contributed by atoms with Crippen LogP contribution in [0.4, 0.5) is 0 Å². The Morgan fingerprint density at radius 1 is 1.60 bits per heavy atom. The summed E-state index contributed by atoms with van der Waals surface area (Å²) >= 11 is 7.02. The second kappa shape index (κ2) is 5.09. The van der Waals surface area contributed by atoms with Crippen molar-refractivity contribution in [1.82, 2.24) is 10.3 Å². The fourth-order valence-corrected chi connectivity index (χ4v) is 2.02. The van der Waals surface area contributed by atoms with Crippen molar-refractivity contribution in [3.05, 3.63) is 15.0 Å². The molecule has 5 nitrogen and oxygen atoms in total. The molecule has 82 valence electrons. The van der Waals surface area contributed by atoms with Crippen LogP contribution in [0.25, 0.3) is 0 Å². The Kier molecular flexibility index (Phi) is 4.05. The third-order valence-electron chi connectivity index (χ3n) is 1.56. The SMILES string of the molecule is Cc1nc(C(=O)NCCC(N)=O)c(Cl)s1. The van der Waals surface area contributed by atoms with Gasteiger partial charge in [0.1, 0.15) is 4.34 Å². The van der Waals surface area contributed by atoms with Crippen LogP contribution in [0.2, 0.25) is 4.34 Å². The van der Waals surface area contributed by atoms with E-state index in [-0.39, 0.29) is 24.6 Å². The molecular formula is C8H10ClN3O2S. The maximum atomic E-state index is 11.5. The van der Waals surface area contributed by atoms with Crippen LogP contribution in [-0.4, -0.2) is 23.3 Å². The molecule has 0 aromatic carbocycles. The maximum absolute atomic E-state index is 11.5. The van der Waals surface area contributed by atoms with E-state index >= 15 is 0 Å². The monoisotopic (exact) mass is 247 g/mol. The molecule has 0 bridgehead atoms. The molecule has 15 heavy (non-hydrogen) atoms. The van der Waals surface area contributed by atoms with E-state index in [9.17, 15) is 9.59 Å². The summed E-state index contributed by atoms with van der Waals surface area (Å²) < 4.78 is 0.351. The fourth-order valence-electron chi connectivity index (χ4n) is 0.925. The van der Waals surface area contributed by atoms with Gasteiger partial charge in [-0.25, -0.2) is 4.98 Å². The lowest BCUT2D eigenvalue weighted by Crippen LogP contribution is -2.28. The molecule has 0 saturated heterocycles. The summed E-state index contributed by atoms with van der Waals surface area (Å²) in [6, 6.07) is 0. The highest BCUT2D eigenvalue weighted by molar-refractivity contribution is 7.16. The number of hydrogen-bond acceptors (Lipinski definition) is 4. The molecular weight excluding hydrogens is 238 g/mol. The maximum Gasteiger partial charge on any atom is 0.272 e. The first-order valence-electron chi connectivity index (χ1n) is 4.20. The predicted octanol–water partition coefficient (Wildman–Crippen LogP) is 0.710. The Balaban J connectivity index is 2.54. The van der Waals surface area contributed by atoms with Crippen LogP contribution < -0.4 is 11.1 Å². The number of amides is 2. The standard InChI is InChI=1S/C8H10ClN3O2S/c1-4-12-6(7(9)15-4)8(14)11-3-2-5(10)13/h2-3H2,1H3,(H2,10,13)(H,11,14). The number of carbonyl (C=O) groups excluding carboxylic acids is 2. The molecule has 3 N–H and O–H groups in total. The van der Waals surface area contributed by atoms with Gasteiger partial charge in [-0.2, -0.15) is 0 Å². The van der Waals surface area contributed by atoms with Gasteiger partial charge in [0, 0.05) is 13.0 Å². The summed E-state index contributed by atoms with van der Waals surface area (Å²) in [7, 11) is 0. The lowest BCUT2D eigenvalue weighted by atomic mass is 10.4.